The number of halogens is 1. The van der Waals surface area contributed by atoms with Crippen LogP contribution in [0, 0.1) is 12.7 Å². The van der Waals surface area contributed by atoms with Crippen LogP contribution in [0.15, 0.2) is 77.7 Å². The summed E-state index contributed by atoms with van der Waals surface area (Å²) in [5, 5.41) is 2.81. The lowest BCUT2D eigenvalue weighted by molar-refractivity contribution is -0.122. The van der Waals surface area contributed by atoms with E-state index >= 15 is 0 Å². The van der Waals surface area contributed by atoms with Gasteiger partial charge in [-0.2, -0.15) is 0 Å². The predicted molar refractivity (Wildman–Crippen MR) is 143 cm³/mol. The average Bonchev–Trinajstić information content (AvgIpc) is 3.29. The van der Waals surface area contributed by atoms with Crippen LogP contribution in [-0.2, 0) is 20.9 Å². The molecule has 180 valence electrons. The molecule has 1 N–H and O–H groups in total. The second-order valence-corrected chi connectivity index (χ2v) is 10.1. The molecule has 0 aromatic heterocycles. The highest BCUT2D eigenvalue weighted by Gasteiger charge is 2.42. The molecule has 9 heteroatoms. The zero-order chi connectivity index (χ0) is 25.4. The van der Waals surface area contributed by atoms with Gasteiger partial charge in [0.1, 0.15) is 16.7 Å². The zero-order valence-electron chi connectivity index (χ0n) is 19.2. The van der Waals surface area contributed by atoms with E-state index in [-0.39, 0.29) is 35.3 Å². The molecule has 1 saturated heterocycles. The van der Waals surface area contributed by atoms with Crippen molar-refractivity contribution in [1.82, 2.24) is 4.90 Å². The van der Waals surface area contributed by atoms with E-state index in [0.717, 1.165) is 17.3 Å². The van der Waals surface area contributed by atoms with Crippen LogP contribution in [0.5, 0.6) is 0 Å². The number of para-hydroxylation sites is 1. The van der Waals surface area contributed by atoms with E-state index in [2.05, 4.69) is 5.32 Å². The van der Waals surface area contributed by atoms with Crippen LogP contribution in [0.25, 0.3) is 5.57 Å². The van der Waals surface area contributed by atoms with E-state index in [4.69, 9.17) is 12.2 Å². The molecule has 3 aromatic rings. The first kappa shape index (κ1) is 23.9. The van der Waals surface area contributed by atoms with Crippen molar-refractivity contribution in [2.75, 3.05) is 16.8 Å². The minimum atomic E-state index is -0.433. The van der Waals surface area contributed by atoms with Crippen molar-refractivity contribution < 1.29 is 18.8 Å². The molecule has 2 aliphatic rings. The third-order valence-electron chi connectivity index (χ3n) is 5.89. The van der Waals surface area contributed by atoms with Crippen molar-refractivity contribution in [1.29, 1.82) is 0 Å². The number of nitrogens with one attached hydrogen (secondary N) is 1. The molecule has 2 aliphatic heterocycles. The largest absolute Gasteiger partial charge is 0.325 e. The molecule has 36 heavy (non-hydrogen) atoms. The lowest BCUT2D eigenvalue weighted by atomic mass is 10.1. The molecule has 3 aromatic carbocycles. The first-order valence-corrected chi connectivity index (χ1v) is 12.3. The monoisotopic (exact) mass is 517 g/mol. The lowest BCUT2D eigenvalue weighted by Gasteiger charge is -2.17. The van der Waals surface area contributed by atoms with Crippen LogP contribution in [0.3, 0.4) is 0 Å². The maximum absolute atomic E-state index is 13.6. The lowest BCUT2D eigenvalue weighted by Crippen LogP contribution is -2.35. The quantitative estimate of drug-likeness (QED) is 0.386. The van der Waals surface area contributed by atoms with E-state index in [1.54, 1.807) is 48.5 Å². The third-order valence-corrected chi connectivity index (χ3v) is 7.34. The second-order valence-electron chi connectivity index (χ2n) is 8.41. The van der Waals surface area contributed by atoms with Gasteiger partial charge in [0.05, 0.1) is 22.7 Å². The third kappa shape index (κ3) is 4.55. The number of anilines is 2. The maximum Gasteiger partial charge on any atom is 0.267 e. The minimum absolute atomic E-state index is 0.167. The number of aryl methyl sites for hydroxylation is 1. The van der Waals surface area contributed by atoms with Crippen LogP contribution in [0.2, 0.25) is 0 Å². The van der Waals surface area contributed by atoms with Crippen molar-refractivity contribution >= 4 is 63.0 Å². The number of hydrogen-bond acceptors (Lipinski definition) is 5. The van der Waals surface area contributed by atoms with Crippen LogP contribution in [-0.4, -0.2) is 33.5 Å². The Kier molecular flexibility index (Phi) is 6.42. The van der Waals surface area contributed by atoms with E-state index in [1.165, 1.54) is 21.9 Å². The fraction of sp³-hybridized carbons (Fsp3) is 0.111. The molecular formula is C27H20FN3O3S2. The smallest absolute Gasteiger partial charge is 0.267 e. The van der Waals surface area contributed by atoms with Gasteiger partial charge in [0.2, 0.25) is 5.91 Å². The fourth-order valence-corrected chi connectivity index (χ4v) is 5.42. The minimum Gasteiger partial charge on any atom is -0.325 e. The molecule has 0 unspecified atom stereocenters. The van der Waals surface area contributed by atoms with Gasteiger partial charge in [-0.25, -0.2) is 4.39 Å². The van der Waals surface area contributed by atoms with Gasteiger partial charge in [-0.15, -0.1) is 0 Å². The van der Waals surface area contributed by atoms with Gasteiger partial charge in [0, 0.05) is 11.3 Å². The molecule has 6 nitrogen and oxygen atoms in total. The summed E-state index contributed by atoms with van der Waals surface area (Å²) in [4.78, 5) is 42.7. The van der Waals surface area contributed by atoms with Crippen molar-refractivity contribution in [2.24, 2.45) is 0 Å². The number of amides is 3. The molecule has 0 spiro atoms. The SMILES string of the molecule is Cc1ccc(NC(=O)CN2C(=O)/C(=C3\SC(=S)N(Cc4ccc(F)cc4)C3=O)c3ccccc32)cc1. The summed E-state index contributed by atoms with van der Waals surface area (Å²) in [5.74, 6) is -1.55. The number of fused-ring (bicyclic) bond motifs is 1. The van der Waals surface area contributed by atoms with Crippen LogP contribution < -0.4 is 10.2 Å². The Bertz CT molecular complexity index is 1440. The summed E-state index contributed by atoms with van der Waals surface area (Å²) in [6.07, 6.45) is 0. The molecule has 2 heterocycles. The van der Waals surface area contributed by atoms with E-state index in [1.807, 2.05) is 19.1 Å². The van der Waals surface area contributed by atoms with Crippen LogP contribution >= 0.6 is 24.0 Å². The summed E-state index contributed by atoms with van der Waals surface area (Å²) in [7, 11) is 0. The Morgan fingerprint density at radius 2 is 1.64 bits per heavy atom. The highest BCUT2D eigenvalue weighted by Crippen LogP contribution is 2.44. The van der Waals surface area contributed by atoms with E-state index in [9.17, 15) is 18.8 Å². The normalized spacial score (nSPS) is 17.1. The number of carbonyl (C=O) groups is 3. The van der Waals surface area contributed by atoms with Crippen molar-refractivity contribution in [2.45, 2.75) is 13.5 Å². The second kappa shape index (κ2) is 9.67. The number of carbonyl (C=O) groups excluding carboxylic acids is 3. The summed E-state index contributed by atoms with van der Waals surface area (Å²) >= 11 is 6.50. The highest BCUT2D eigenvalue weighted by molar-refractivity contribution is 8.26. The Hall–Kier alpha value is -3.82. The Labute approximate surface area is 216 Å². The van der Waals surface area contributed by atoms with Crippen LogP contribution in [0.4, 0.5) is 15.8 Å². The van der Waals surface area contributed by atoms with Gasteiger partial charge >= 0.3 is 0 Å². The number of nitrogens with zero attached hydrogens (tertiary/aromatic N) is 2. The summed E-state index contributed by atoms with van der Waals surface area (Å²) < 4.78 is 13.6. The molecule has 1 fully saturated rings. The molecule has 5 rings (SSSR count). The van der Waals surface area contributed by atoms with Gasteiger partial charge in [-0.05, 0) is 42.8 Å². The Morgan fingerprint density at radius 1 is 0.944 bits per heavy atom. The Morgan fingerprint density at radius 3 is 2.36 bits per heavy atom. The van der Waals surface area contributed by atoms with Gasteiger partial charge in [-0.3, -0.25) is 24.2 Å². The maximum atomic E-state index is 13.6. The molecule has 0 aliphatic carbocycles. The fourth-order valence-electron chi connectivity index (χ4n) is 4.10. The van der Waals surface area contributed by atoms with Gasteiger partial charge in [0.25, 0.3) is 11.8 Å². The molecule has 3 amide bonds. The number of hydrogen-bond donors (Lipinski definition) is 1. The zero-order valence-corrected chi connectivity index (χ0v) is 20.8. The van der Waals surface area contributed by atoms with Crippen LogP contribution in [0.1, 0.15) is 16.7 Å². The van der Waals surface area contributed by atoms with Gasteiger partial charge < -0.3 is 5.32 Å². The number of thiocarbonyl (C=S) groups is 1. The van der Waals surface area contributed by atoms with Gasteiger partial charge in [-0.1, -0.05) is 72.0 Å². The van der Waals surface area contributed by atoms with E-state index < -0.39 is 11.8 Å². The Balaban J connectivity index is 1.42. The first-order chi connectivity index (χ1) is 17.3. The summed E-state index contributed by atoms with van der Waals surface area (Å²) in [5.41, 5.74) is 3.78. The molecular weight excluding hydrogens is 497 g/mol. The number of thioether (sulfide) groups is 1. The number of benzene rings is 3. The standard InChI is InChI=1S/C27H20FN3O3S2/c1-16-6-12-19(13-7-16)29-22(32)15-30-21-5-3-2-4-20(21)23(25(30)33)24-26(34)31(27(35)36-24)14-17-8-10-18(28)11-9-17/h2-13H,14-15H2,1H3,(H,29,32)/b24-23-. The number of rotatable bonds is 5. The average molecular weight is 518 g/mol. The molecule has 0 atom stereocenters. The van der Waals surface area contributed by atoms with Gasteiger partial charge in [0.15, 0.2) is 0 Å². The molecule has 0 saturated carbocycles. The van der Waals surface area contributed by atoms with Crippen molar-refractivity contribution in [3.8, 4) is 0 Å². The summed E-state index contributed by atoms with van der Waals surface area (Å²) in [6.45, 7) is 1.92. The van der Waals surface area contributed by atoms with Crippen molar-refractivity contribution in [3.63, 3.8) is 0 Å². The first-order valence-electron chi connectivity index (χ1n) is 11.1. The topological polar surface area (TPSA) is 69.7 Å². The molecule has 0 radical (unpaired) electrons. The highest BCUT2D eigenvalue weighted by atomic mass is 32.2. The van der Waals surface area contributed by atoms with E-state index in [0.29, 0.717) is 26.8 Å². The summed E-state index contributed by atoms with van der Waals surface area (Å²) in [6, 6.07) is 20.2. The van der Waals surface area contributed by atoms with Crippen molar-refractivity contribution in [3.05, 3.63) is 100 Å². The molecule has 0 bridgehead atoms. The predicted octanol–water partition coefficient (Wildman–Crippen LogP) is 4.89.